The van der Waals surface area contributed by atoms with Gasteiger partial charge in [0.05, 0.1) is 11.6 Å². The lowest BCUT2D eigenvalue weighted by Gasteiger charge is -2.23. The minimum absolute atomic E-state index is 0.00413. The first kappa shape index (κ1) is 15.8. The minimum Gasteiger partial charge on any atom is -0.365 e. The topological polar surface area (TPSA) is 65.5 Å². The first-order chi connectivity index (χ1) is 10.8. The van der Waals surface area contributed by atoms with Crippen LogP contribution in [0.2, 0.25) is 0 Å². The molecule has 0 saturated carbocycles. The highest BCUT2D eigenvalue weighted by Gasteiger charge is 2.32. The van der Waals surface area contributed by atoms with Crippen molar-refractivity contribution in [2.45, 2.75) is 45.2 Å². The number of anilines is 1. The Hall–Kier alpha value is -2.11. The van der Waals surface area contributed by atoms with Crippen LogP contribution >= 0.6 is 0 Å². The highest BCUT2D eigenvalue weighted by Crippen LogP contribution is 2.31. The van der Waals surface area contributed by atoms with Gasteiger partial charge in [0.15, 0.2) is 0 Å². The van der Waals surface area contributed by atoms with Crippen molar-refractivity contribution < 1.29 is 9.59 Å². The molecule has 23 heavy (non-hydrogen) atoms. The molecule has 1 saturated heterocycles. The maximum absolute atomic E-state index is 12.7. The molecule has 1 N–H and O–H groups in total. The second kappa shape index (κ2) is 5.51. The van der Waals surface area contributed by atoms with Gasteiger partial charge in [-0.2, -0.15) is 0 Å². The summed E-state index contributed by atoms with van der Waals surface area (Å²) in [5.74, 6) is 0.920. The Kier molecular flexibility index (Phi) is 3.78. The van der Waals surface area contributed by atoms with Gasteiger partial charge in [-0.05, 0) is 38.3 Å². The highest BCUT2D eigenvalue weighted by atomic mass is 16.2. The highest BCUT2D eigenvalue weighted by molar-refractivity contribution is 5.94. The first-order valence-corrected chi connectivity index (χ1v) is 8.06. The van der Waals surface area contributed by atoms with E-state index in [1.54, 1.807) is 25.1 Å². The number of carbonyl (C=O) groups is 2. The summed E-state index contributed by atoms with van der Waals surface area (Å²) in [6.45, 7) is 7.08. The van der Waals surface area contributed by atoms with Crippen LogP contribution in [-0.4, -0.2) is 58.3 Å². The Bertz CT molecular complexity index is 656. The average Bonchev–Trinajstić information content (AvgIpc) is 3.07. The summed E-state index contributed by atoms with van der Waals surface area (Å²) in [6.07, 6.45) is 3.35. The standard InChI is InChI=1S/C17H24N4O2/c1-11(22)20(4)14-5-6-21(10-14)16(23)13-7-12-8-17(2,3)19-15(12)18-9-13/h7,9,14H,5-6,8,10H2,1-4H3,(H,18,19). The van der Waals surface area contributed by atoms with E-state index in [0.717, 1.165) is 24.2 Å². The molecule has 1 aromatic rings. The Morgan fingerprint density at radius 1 is 1.43 bits per heavy atom. The van der Waals surface area contributed by atoms with Gasteiger partial charge in [-0.1, -0.05) is 0 Å². The van der Waals surface area contributed by atoms with Crippen molar-refractivity contribution in [1.82, 2.24) is 14.8 Å². The molecule has 6 nitrogen and oxygen atoms in total. The molecule has 0 bridgehead atoms. The van der Waals surface area contributed by atoms with Crippen LogP contribution in [0, 0.1) is 0 Å². The van der Waals surface area contributed by atoms with E-state index >= 15 is 0 Å². The molecule has 2 amide bonds. The van der Waals surface area contributed by atoms with Crippen molar-refractivity contribution in [3.63, 3.8) is 0 Å². The average molecular weight is 316 g/mol. The predicted molar refractivity (Wildman–Crippen MR) is 88.4 cm³/mol. The van der Waals surface area contributed by atoms with Gasteiger partial charge in [0, 0.05) is 38.8 Å². The third-order valence-electron chi connectivity index (χ3n) is 4.80. The van der Waals surface area contributed by atoms with E-state index < -0.39 is 0 Å². The third kappa shape index (κ3) is 3.02. The largest absolute Gasteiger partial charge is 0.365 e. The maximum atomic E-state index is 12.7. The van der Waals surface area contributed by atoms with Gasteiger partial charge in [-0.25, -0.2) is 4.98 Å². The molecule has 6 heteroatoms. The molecule has 1 aromatic heterocycles. The monoisotopic (exact) mass is 316 g/mol. The van der Waals surface area contributed by atoms with E-state index in [9.17, 15) is 9.59 Å². The number of hydrogen-bond acceptors (Lipinski definition) is 4. The van der Waals surface area contributed by atoms with Gasteiger partial charge in [0.25, 0.3) is 5.91 Å². The summed E-state index contributed by atoms with van der Waals surface area (Å²) in [4.78, 5) is 32.1. The Balaban J connectivity index is 1.72. The molecular weight excluding hydrogens is 292 g/mol. The summed E-state index contributed by atoms with van der Waals surface area (Å²) in [5.41, 5.74) is 1.71. The zero-order chi connectivity index (χ0) is 16.8. The number of hydrogen-bond donors (Lipinski definition) is 1. The summed E-state index contributed by atoms with van der Waals surface area (Å²) in [5, 5.41) is 3.36. The molecule has 2 aliphatic rings. The number of fused-ring (bicyclic) bond motifs is 1. The van der Waals surface area contributed by atoms with Crippen LogP contribution < -0.4 is 5.32 Å². The molecule has 0 radical (unpaired) electrons. The number of carbonyl (C=O) groups excluding carboxylic acids is 2. The van der Waals surface area contributed by atoms with Crippen LogP contribution in [0.25, 0.3) is 0 Å². The lowest BCUT2D eigenvalue weighted by atomic mass is 10.00. The molecule has 3 rings (SSSR count). The fraction of sp³-hybridized carbons (Fsp3) is 0.588. The molecule has 1 atom stereocenters. The van der Waals surface area contributed by atoms with Gasteiger partial charge in [-0.3, -0.25) is 9.59 Å². The smallest absolute Gasteiger partial charge is 0.255 e. The van der Waals surface area contributed by atoms with Crippen LogP contribution in [0.3, 0.4) is 0 Å². The summed E-state index contributed by atoms with van der Waals surface area (Å²) in [6, 6.07) is 2.06. The molecule has 3 heterocycles. The van der Waals surface area contributed by atoms with Gasteiger partial charge in [-0.15, -0.1) is 0 Å². The van der Waals surface area contributed by atoms with Crippen molar-refractivity contribution in [3.8, 4) is 0 Å². The Morgan fingerprint density at radius 2 is 2.17 bits per heavy atom. The van der Waals surface area contributed by atoms with Crippen LogP contribution in [0.5, 0.6) is 0 Å². The Labute approximate surface area is 136 Å². The quantitative estimate of drug-likeness (QED) is 0.898. The van der Waals surface area contributed by atoms with E-state index in [-0.39, 0.29) is 23.4 Å². The number of amides is 2. The number of aromatic nitrogens is 1. The van der Waals surface area contributed by atoms with Crippen LogP contribution in [0.15, 0.2) is 12.3 Å². The zero-order valence-corrected chi connectivity index (χ0v) is 14.2. The minimum atomic E-state index is -0.0139. The van der Waals surface area contributed by atoms with E-state index in [2.05, 4.69) is 24.1 Å². The van der Waals surface area contributed by atoms with Gasteiger partial charge in [0.1, 0.15) is 5.82 Å². The van der Waals surface area contributed by atoms with Gasteiger partial charge >= 0.3 is 0 Å². The van der Waals surface area contributed by atoms with E-state index in [0.29, 0.717) is 18.7 Å². The SMILES string of the molecule is CC(=O)N(C)C1CCN(C(=O)c2cnc3c(c2)CC(C)(C)N3)C1. The van der Waals surface area contributed by atoms with Crippen LogP contribution in [0.1, 0.15) is 43.1 Å². The number of likely N-dealkylation sites (tertiary alicyclic amines) is 1. The summed E-state index contributed by atoms with van der Waals surface area (Å²) < 4.78 is 0. The lowest BCUT2D eigenvalue weighted by Crippen LogP contribution is -2.38. The molecule has 2 aliphatic heterocycles. The second-order valence-corrected chi connectivity index (χ2v) is 7.24. The van der Waals surface area contributed by atoms with E-state index in [1.807, 2.05) is 11.0 Å². The van der Waals surface area contributed by atoms with Crippen LogP contribution in [-0.2, 0) is 11.2 Å². The molecular formula is C17H24N4O2. The second-order valence-electron chi connectivity index (χ2n) is 7.24. The van der Waals surface area contributed by atoms with Gasteiger partial charge in [0.2, 0.25) is 5.91 Å². The number of nitrogens with one attached hydrogen (secondary N) is 1. The number of rotatable bonds is 2. The molecule has 124 valence electrons. The van der Waals surface area contributed by atoms with E-state index in [4.69, 9.17) is 0 Å². The maximum Gasteiger partial charge on any atom is 0.255 e. The summed E-state index contributed by atoms with van der Waals surface area (Å²) >= 11 is 0. The number of nitrogens with zero attached hydrogens (tertiary/aromatic N) is 3. The van der Waals surface area contributed by atoms with Gasteiger partial charge < -0.3 is 15.1 Å². The molecule has 0 aliphatic carbocycles. The predicted octanol–water partition coefficient (Wildman–Crippen LogP) is 1.52. The lowest BCUT2D eigenvalue weighted by molar-refractivity contribution is -0.129. The van der Waals surface area contributed by atoms with Crippen molar-refractivity contribution in [1.29, 1.82) is 0 Å². The first-order valence-electron chi connectivity index (χ1n) is 8.06. The normalized spacial score (nSPS) is 21.7. The molecule has 0 spiro atoms. The molecule has 0 aromatic carbocycles. The van der Waals surface area contributed by atoms with Crippen molar-refractivity contribution in [2.75, 3.05) is 25.5 Å². The van der Waals surface area contributed by atoms with Crippen LogP contribution in [0.4, 0.5) is 5.82 Å². The molecule has 1 fully saturated rings. The van der Waals surface area contributed by atoms with E-state index in [1.165, 1.54) is 0 Å². The summed E-state index contributed by atoms with van der Waals surface area (Å²) in [7, 11) is 1.80. The fourth-order valence-corrected chi connectivity index (χ4v) is 3.40. The van der Waals surface area contributed by atoms with Crippen molar-refractivity contribution in [3.05, 3.63) is 23.4 Å². The number of likely N-dealkylation sites (N-methyl/N-ethyl adjacent to an activating group) is 1. The van der Waals surface area contributed by atoms with Crippen molar-refractivity contribution in [2.24, 2.45) is 0 Å². The molecule has 1 unspecified atom stereocenters. The fourth-order valence-electron chi connectivity index (χ4n) is 3.40. The third-order valence-corrected chi connectivity index (χ3v) is 4.80. The zero-order valence-electron chi connectivity index (χ0n) is 14.2. The number of pyridine rings is 1. The Morgan fingerprint density at radius 3 is 2.87 bits per heavy atom. The van der Waals surface area contributed by atoms with Crippen molar-refractivity contribution >= 4 is 17.6 Å².